The van der Waals surface area contributed by atoms with Crippen molar-refractivity contribution in [3.8, 4) is 71.0 Å². The molecule has 232 valence electrons. The molecule has 0 spiro atoms. The quantitative estimate of drug-likeness (QED) is 0.200. The van der Waals surface area contributed by atoms with Crippen LogP contribution in [0.3, 0.4) is 0 Å². The number of rotatable bonds is 4. The highest BCUT2D eigenvalue weighted by molar-refractivity contribution is 5.62. The van der Waals surface area contributed by atoms with E-state index in [1.54, 1.807) is 0 Å². The third kappa shape index (κ3) is 8.33. The first-order valence-electron chi connectivity index (χ1n) is 16.7. The van der Waals surface area contributed by atoms with Gasteiger partial charge in [0.2, 0.25) is 0 Å². The van der Waals surface area contributed by atoms with Crippen molar-refractivity contribution in [3.63, 3.8) is 0 Å². The molecule has 0 fully saturated rings. The van der Waals surface area contributed by atoms with E-state index in [9.17, 15) is 0 Å². The lowest BCUT2D eigenvalue weighted by molar-refractivity contribution is 0.865. The monoisotopic (exact) mass is 616 g/mol. The molecule has 1 aliphatic carbocycles. The fraction of sp³-hybridized carbons (Fsp3) is 0.250. The van der Waals surface area contributed by atoms with Crippen LogP contribution in [0.25, 0.3) is 0 Å². The Balaban J connectivity index is 1.76. The largest absolute Gasteiger partial charge is 0.0603 e. The highest BCUT2D eigenvalue weighted by atomic mass is 14.1. The van der Waals surface area contributed by atoms with Gasteiger partial charge in [-0.05, 0) is 118 Å². The molecular weight excluding hydrogens is 577 g/mol. The van der Waals surface area contributed by atoms with Gasteiger partial charge in [0.25, 0.3) is 0 Å². The molecule has 0 amide bonds. The van der Waals surface area contributed by atoms with Gasteiger partial charge in [0.15, 0.2) is 0 Å². The van der Waals surface area contributed by atoms with Gasteiger partial charge in [-0.2, -0.15) is 0 Å². The van der Waals surface area contributed by atoms with Crippen LogP contribution in [0.1, 0.15) is 146 Å². The van der Waals surface area contributed by atoms with Gasteiger partial charge in [-0.3, -0.25) is 0 Å². The molecule has 0 aliphatic heterocycles. The molecule has 0 N–H and O–H groups in total. The van der Waals surface area contributed by atoms with Gasteiger partial charge < -0.3 is 0 Å². The van der Waals surface area contributed by atoms with Gasteiger partial charge in [-0.25, -0.2) is 0 Å². The summed E-state index contributed by atoms with van der Waals surface area (Å²) in [5.74, 6) is 40.8. The van der Waals surface area contributed by atoms with Gasteiger partial charge in [0, 0.05) is 44.5 Å². The van der Waals surface area contributed by atoms with Crippen LogP contribution in [0.2, 0.25) is 0 Å². The summed E-state index contributed by atoms with van der Waals surface area (Å²) in [5, 5.41) is 0. The average Bonchev–Trinajstić information content (AvgIpc) is 3.07. The maximum absolute atomic E-state index is 3.40. The second kappa shape index (κ2) is 15.2. The van der Waals surface area contributed by atoms with Gasteiger partial charge in [-0.1, -0.05) is 127 Å². The lowest BCUT2D eigenvalue weighted by Gasteiger charge is -2.08. The average molecular weight is 617 g/mol. The smallest absolute Gasteiger partial charge is 0.0415 e. The summed E-state index contributed by atoms with van der Waals surface area (Å²) in [5.41, 5.74) is 11.7. The summed E-state index contributed by atoms with van der Waals surface area (Å²) >= 11 is 0. The first-order chi connectivity index (χ1) is 23.1. The minimum absolute atomic E-state index is 0.366. The summed E-state index contributed by atoms with van der Waals surface area (Å²) in [6.45, 7) is 17.5. The van der Waals surface area contributed by atoms with E-state index in [2.05, 4.69) is 199 Å². The van der Waals surface area contributed by atoms with E-state index in [4.69, 9.17) is 0 Å². The molecule has 0 atom stereocenters. The lowest BCUT2D eigenvalue weighted by Crippen LogP contribution is -1.94. The van der Waals surface area contributed by atoms with E-state index in [1.165, 1.54) is 22.3 Å². The molecule has 0 unspecified atom stereocenters. The van der Waals surface area contributed by atoms with Crippen molar-refractivity contribution in [1.29, 1.82) is 0 Å². The molecule has 0 heterocycles. The minimum Gasteiger partial charge on any atom is -0.0603 e. The van der Waals surface area contributed by atoms with Crippen LogP contribution in [-0.2, 0) is 0 Å². The molecule has 0 heteroatoms. The Kier molecular flexibility index (Phi) is 10.7. The Morgan fingerprint density at radius 1 is 0.271 bits per heavy atom. The molecule has 0 bridgehead atoms. The van der Waals surface area contributed by atoms with E-state index >= 15 is 0 Å². The molecule has 5 rings (SSSR count). The van der Waals surface area contributed by atoms with Crippen molar-refractivity contribution < 1.29 is 0 Å². The van der Waals surface area contributed by atoms with Crippen molar-refractivity contribution in [1.82, 2.24) is 0 Å². The van der Waals surface area contributed by atoms with Crippen molar-refractivity contribution in [3.05, 3.63) is 140 Å². The first-order valence-corrected chi connectivity index (χ1v) is 16.7. The topological polar surface area (TPSA) is 0 Å². The van der Waals surface area contributed by atoms with Crippen molar-refractivity contribution in [2.45, 2.75) is 79.1 Å². The highest BCUT2D eigenvalue weighted by Crippen LogP contribution is 2.22. The summed E-state index contributed by atoms with van der Waals surface area (Å²) in [4.78, 5) is 0. The fourth-order valence-electron chi connectivity index (χ4n) is 5.20. The Morgan fingerprint density at radius 2 is 0.479 bits per heavy atom. The third-order valence-electron chi connectivity index (χ3n) is 8.42. The van der Waals surface area contributed by atoms with E-state index in [-0.39, 0.29) is 0 Å². The van der Waals surface area contributed by atoms with E-state index < -0.39 is 0 Å². The van der Waals surface area contributed by atoms with Gasteiger partial charge in [0.05, 0.1) is 0 Å². The number of hydrogen-bond donors (Lipinski definition) is 0. The summed E-state index contributed by atoms with van der Waals surface area (Å²) in [7, 11) is 0. The molecule has 0 saturated heterocycles. The Labute approximate surface area is 288 Å². The Morgan fingerprint density at radius 3 is 0.667 bits per heavy atom. The van der Waals surface area contributed by atoms with Gasteiger partial charge in [0.1, 0.15) is 0 Å². The maximum Gasteiger partial charge on any atom is 0.0415 e. The van der Waals surface area contributed by atoms with Crippen LogP contribution in [0, 0.1) is 71.0 Å². The molecule has 0 nitrogen and oxygen atoms in total. The molecule has 4 aromatic rings. The van der Waals surface area contributed by atoms with Crippen LogP contribution in [0.4, 0.5) is 0 Å². The zero-order valence-corrected chi connectivity index (χ0v) is 29.2. The van der Waals surface area contributed by atoms with Crippen molar-refractivity contribution in [2.24, 2.45) is 0 Å². The molecule has 0 saturated carbocycles. The molecule has 0 aromatic heterocycles. The normalized spacial score (nSPS) is 11.2. The SMILES string of the molecule is CC(C)c1ccc2c(c1)C#CC#Cc1cc(C(C)C)ccc1C#Cc1ccc(C(C)C)cc1C#CC#Cc1cc(C(C)C)ccc1C#C2. The Hall–Kier alpha value is -5.76. The van der Waals surface area contributed by atoms with Crippen LogP contribution >= 0.6 is 0 Å². The lowest BCUT2D eigenvalue weighted by atomic mass is 9.95. The van der Waals surface area contributed by atoms with Crippen LogP contribution in [0.5, 0.6) is 0 Å². The molecule has 1 aliphatic rings. The van der Waals surface area contributed by atoms with Crippen LogP contribution < -0.4 is 0 Å². The zero-order valence-electron chi connectivity index (χ0n) is 29.2. The minimum atomic E-state index is 0.366. The van der Waals surface area contributed by atoms with E-state index in [0.717, 1.165) is 44.5 Å². The second-order valence-electron chi connectivity index (χ2n) is 13.3. The summed E-state index contributed by atoms with van der Waals surface area (Å²) < 4.78 is 0. The van der Waals surface area contributed by atoms with E-state index in [1.807, 2.05) is 0 Å². The number of hydrogen-bond acceptors (Lipinski definition) is 0. The standard InChI is InChI=1S/C48H40/c1-33(2)41-25-21-37-17-18-38-22-26-42(34(3)4)31-47(38)15-11-12-16-48-32-44(36(7)8)28-24-40(48)20-19-39-23-27-43(35(5)6)30-46(39)14-10-9-13-45(37)29-41/h21-36H,1-8H3. The third-order valence-corrected chi connectivity index (χ3v) is 8.42. The van der Waals surface area contributed by atoms with Crippen LogP contribution in [-0.4, -0.2) is 0 Å². The first kappa shape index (κ1) is 33.6. The molecule has 48 heavy (non-hydrogen) atoms. The van der Waals surface area contributed by atoms with Gasteiger partial charge >= 0.3 is 0 Å². The maximum atomic E-state index is 3.40. The molecule has 4 aromatic carbocycles. The molecular formula is C48H40. The van der Waals surface area contributed by atoms with Crippen molar-refractivity contribution in [2.75, 3.05) is 0 Å². The van der Waals surface area contributed by atoms with Crippen molar-refractivity contribution >= 4 is 0 Å². The zero-order chi connectivity index (χ0) is 34.2. The molecule has 0 radical (unpaired) electrons. The fourth-order valence-corrected chi connectivity index (χ4v) is 5.20. The van der Waals surface area contributed by atoms with Gasteiger partial charge in [-0.15, -0.1) is 0 Å². The number of benzene rings is 4. The predicted molar refractivity (Wildman–Crippen MR) is 202 cm³/mol. The Bertz CT molecular complexity index is 1940. The number of fused-ring (bicyclic) bond motifs is 4. The second-order valence-corrected chi connectivity index (χ2v) is 13.3. The highest BCUT2D eigenvalue weighted by Gasteiger charge is 2.08. The van der Waals surface area contributed by atoms with E-state index in [0.29, 0.717) is 23.7 Å². The predicted octanol–water partition coefficient (Wildman–Crippen LogP) is 10.1. The summed E-state index contributed by atoms with van der Waals surface area (Å²) in [6, 6.07) is 25.3. The summed E-state index contributed by atoms with van der Waals surface area (Å²) in [6.07, 6.45) is 0. The van der Waals surface area contributed by atoms with Crippen LogP contribution in [0.15, 0.2) is 72.8 Å².